The molecule has 1 aliphatic rings. The third-order valence-corrected chi connectivity index (χ3v) is 7.05. The molecule has 4 aromatic heterocycles. The molecule has 5 heterocycles. The van der Waals surface area contributed by atoms with Crippen molar-refractivity contribution in [3.63, 3.8) is 0 Å². The number of anilines is 1. The van der Waals surface area contributed by atoms with Crippen molar-refractivity contribution in [1.82, 2.24) is 24.9 Å². The van der Waals surface area contributed by atoms with Gasteiger partial charge in [-0.1, -0.05) is 18.7 Å². The molecular formula is C27H28N6S. The summed E-state index contributed by atoms with van der Waals surface area (Å²) in [6.07, 6.45) is 9.90. The molecule has 0 aliphatic carbocycles. The monoisotopic (exact) mass is 468 g/mol. The van der Waals surface area contributed by atoms with E-state index in [1.807, 2.05) is 51.4 Å². The molecule has 1 unspecified atom stereocenters. The lowest BCUT2D eigenvalue weighted by Gasteiger charge is -2.18. The Morgan fingerprint density at radius 2 is 2.09 bits per heavy atom. The van der Waals surface area contributed by atoms with Crippen molar-refractivity contribution in [2.45, 2.75) is 13.0 Å². The van der Waals surface area contributed by atoms with Gasteiger partial charge in [0, 0.05) is 54.6 Å². The van der Waals surface area contributed by atoms with Crippen LogP contribution in [0.2, 0.25) is 0 Å². The second-order valence-electron chi connectivity index (χ2n) is 8.52. The largest absolute Gasteiger partial charge is 0.378 e. The van der Waals surface area contributed by atoms with E-state index >= 15 is 0 Å². The Morgan fingerprint density at radius 1 is 1.24 bits per heavy atom. The number of hydrazine groups is 1. The van der Waals surface area contributed by atoms with Crippen LogP contribution < -0.4 is 5.43 Å². The molecule has 5 rings (SSSR count). The summed E-state index contributed by atoms with van der Waals surface area (Å²) < 4.78 is 0. The lowest BCUT2D eigenvalue weighted by atomic mass is 10.0. The van der Waals surface area contributed by atoms with Crippen LogP contribution in [0, 0.1) is 0 Å². The Balaban J connectivity index is 1.58. The Morgan fingerprint density at radius 3 is 2.79 bits per heavy atom. The number of hydrogen-bond donors (Lipinski definition) is 2. The number of nitrogens with one attached hydrogen (secondary N) is 2. The van der Waals surface area contributed by atoms with Gasteiger partial charge in [-0.05, 0) is 54.3 Å². The van der Waals surface area contributed by atoms with Gasteiger partial charge in [0.2, 0.25) is 0 Å². The molecule has 172 valence electrons. The summed E-state index contributed by atoms with van der Waals surface area (Å²) in [5, 5.41) is 5.37. The lowest BCUT2D eigenvalue weighted by Crippen LogP contribution is -2.24. The molecule has 0 bridgehead atoms. The fraction of sp³-hybridized carbons (Fsp3) is 0.185. The highest BCUT2D eigenvalue weighted by atomic mass is 32.1. The van der Waals surface area contributed by atoms with Gasteiger partial charge in [-0.3, -0.25) is 4.98 Å². The molecule has 0 fully saturated rings. The minimum absolute atomic E-state index is 0.0478. The van der Waals surface area contributed by atoms with Gasteiger partial charge in [-0.15, -0.1) is 11.3 Å². The normalized spacial score (nSPS) is 16.5. The average Bonchev–Trinajstić information content (AvgIpc) is 3.56. The highest BCUT2D eigenvalue weighted by Crippen LogP contribution is 2.40. The fourth-order valence-corrected chi connectivity index (χ4v) is 5.17. The zero-order valence-corrected chi connectivity index (χ0v) is 20.6. The van der Waals surface area contributed by atoms with E-state index in [4.69, 9.17) is 4.98 Å². The molecule has 0 aromatic carbocycles. The number of aromatic amines is 1. The Kier molecular flexibility index (Phi) is 5.81. The first-order valence-electron chi connectivity index (χ1n) is 11.2. The third-order valence-electron chi connectivity index (χ3n) is 6.15. The van der Waals surface area contributed by atoms with E-state index in [-0.39, 0.29) is 6.04 Å². The molecule has 0 radical (unpaired) electrons. The Bertz CT molecular complexity index is 1410. The van der Waals surface area contributed by atoms with Crippen LogP contribution in [0.25, 0.3) is 26.9 Å². The number of thiophene rings is 1. The number of rotatable bonds is 6. The van der Waals surface area contributed by atoms with Crippen molar-refractivity contribution in [2.75, 3.05) is 26.6 Å². The lowest BCUT2D eigenvalue weighted by molar-refractivity contribution is 0.354. The van der Waals surface area contributed by atoms with E-state index in [1.165, 1.54) is 10.3 Å². The second-order valence-corrected chi connectivity index (χ2v) is 9.46. The van der Waals surface area contributed by atoms with Gasteiger partial charge >= 0.3 is 0 Å². The second kappa shape index (κ2) is 8.93. The molecular weight excluding hydrogens is 440 g/mol. The van der Waals surface area contributed by atoms with E-state index in [0.717, 1.165) is 45.1 Å². The number of aromatic nitrogens is 3. The van der Waals surface area contributed by atoms with Crippen molar-refractivity contribution < 1.29 is 0 Å². The first-order valence-corrected chi connectivity index (χ1v) is 12.1. The van der Waals surface area contributed by atoms with Gasteiger partial charge in [-0.25, -0.2) is 9.99 Å². The van der Waals surface area contributed by atoms with Crippen LogP contribution in [-0.2, 0) is 0 Å². The number of hydrogen-bond acceptors (Lipinski definition) is 6. The molecule has 1 atom stereocenters. The van der Waals surface area contributed by atoms with Crippen LogP contribution in [0.5, 0.6) is 0 Å². The van der Waals surface area contributed by atoms with Crippen LogP contribution in [0.4, 0.5) is 5.69 Å². The summed E-state index contributed by atoms with van der Waals surface area (Å²) in [6.45, 7) is 5.98. The molecule has 7 heteroatoms. The van der Waals surface area contributed by atoms with E-state index in [1.54, 1.807) is 11.3 Å². The third kappa shape index (κ3) is 3.83. The number of allylic oxidation sites excluding steroid dienone is 4. The van der Waals surface area contributed by atoms with Crippen molar-refractivity contribution in [3.05, 3.63) is 95.7 Å². The van der Waals surface area contributed by atoms with Crippen LogP contribution in [0.3, 0.4) is 0 Å². The SMILES string of the molecule is C=C/C(=C\C(=C/C)c1ccc2c(n1)C(c1cc3c(-c4cccs4)cncc3[nH]1)N(C)N2)N(C)C. The highest BCUT2D eigenvalue weighted by molar-refractivity contribution is 7.13. The average molecular weight is 469 g/mol. The number of fused-ring (bicyclic) bond motifs is 2. The predicted octanol–water partition coefficient (Wildman–Crippen LogP) is 6.08. The van der Waals surface area contributed by atoms with Crippen LogP contribution in [0.1, 0.15) is 30.0 Å². The molecule has 0 saturated heterocycles. The summed E-state index contributed by atoms with van der Waals surface area (Å²) in [6, 6.07) is 10.6. The number of nitrogens with zero attached hydrogens (tertiary/aromatic N) is 4. The Labute approximate surface area is 203 Å². The molecule has 2 N–H and O–H groups in total. The van der Waals surface area contributed by atoms with E-state index in [2.05, 4.69) is 74.8 Å². The minimum atomic E-state index is -0.0478. The highest BCUT2D eigenvalue weighted by Gasteiger charge is 2.32. The molecule has 1 aliphatic heterocycles. The molecule has 6 nitrogen and oxygen atoms in total. The number of pyridine rings is 2. The van der Waals surface area contributed by atoms with Crippen LogP contribution in [-0.4, -0.2) is 46.0 Å². The van der Waals surface area contributed by atoms with Crippen molar-refractivity contribution >= 4 is 33.5 Å². The van der Waals surface area contributed by atoms with Gasteiger partial charge in [-0.2, -0.15) is 0 Å². The standard InChI is InChI=1S/C27H28N6S/c1-6-17(13-18(7-2)32(3)4)21-10-11-22-26(30-21)27(33(5)31-22)23-14-19-20(25-9-8-12-34-25)15-28-16-24(19)29-23/h6-16,27,29,31H,2H2,1,3-5H3/b17-6+,18-13+. The summed E-state index contributed by atoms with van der Waals surface area (Å²) >= 11 is 1.73. The van der Waals surface area contributed by atoms with E-state index < -0.39 is 0 Å². The number of H-pyrrole nitrogens is 1. The summed E-state index contributed by atoms with van der Waals surface area (Å²) in [5.41, 5.74) is 11.7. The van der Waals surface area contributed by atoms with Crippen LogP contribution in [0.15, 0.2) is 78.6 Å². The molecule has 0 amide bonds. The van der Waals surface area contributed by atoms with E-state index in [0.29, 0.717) is 0 Å². The summed E-state index contributed by atoms with van der Waals surface area (Å²) in [4.78, 5) is 16.5. The predicted molar refractivity (Wildman–Crippen MR) is 142 cm³/mol. The Hall–Kier alpha value is -3.68. The van der Waals surface area contributed by atoms with Gasteiger partial charge in [0.1, 0.15) is 6.04 Å². The summed E-state index contributed by atoms with van der Waals surface area (Å²) in [5.74, 6) is 0. The minimum Gasteiger partial charge on any atom is -0.378 e. The van der Waals surface area contributed by atoms with Gasteiger partial charge in [0.05, 0.1) is 28.8 Å². The van der Waals surface area contributed by atoms with Crippen molar-refractivity contribution in [1.29, 1.82) is 0 Å². The quantitative estimate of drug-likeness (QED) is 0.336. The first kappa shape index (κ1) is 22.1. The van der Waals surface area contributed by atoms with Crippen molar-refractivity contribution in [2.24, 2.45) is 0 Å². The zero-order valence-electron chi connectivity index (χ0n) is 19.8. The zero-order chi connectivity index (χ0) is 23.8. The first-order chi connectivity index (χ1) is 16.5. The van der Waals surface area contributed by atoms with E-state index in [9.17, 15) is 0 Å². The maximum Gasteiger partial charge on any atom is 0.113 e. The summed E-state index contributed by atoms with van der Waals surface area (Å²) in [7, 11) is 6.08. The molecule has 34 heavy (non-hydrogen) atoms. The van der Waals surface area contributed by atoms with Crippen molar-refractivity contribution in [3.8, 4) is 10.4 Å². The number of likely N-dealkylation sites (N-methyl/N-ethyl adjacent to an activating group) is 1. The topological polar surface area (TPSA) is 60.1 Å². The van der Waals surface area contributed by atoms with Crippen LogP contribution >= 0.6 is 11.3 Å². The maximum absolute atomic E-state index is 5.12. The van der Waals surface area contributed by atoms with Gasteiger partial charge in [0.25, 0.3) is 0 Å². The smallest absolute Gasteiger partial charge is 0.113 e. The molecule has 0 saturated carbocycles. The fourth-order valence-electron chi connectivity index (χ4n) is 4.42. The maximum atomic E-state index is 5.12. The van der Waals surface area contributed by atoms with Gasteiger partial charge < -0.3 is 15.3 Å². The molecule has 0 spiro atoms. The van der Waals surface area contributed by atoms with Gasteiger partial charge in [0.15, 0.2) is 0 Å². The molecule has 4 aromatic rings.